The Morgan fingerprint density at radius 3 is 2.43 bits per heavy atom. The van der Waals surface area contributed by atoms with Gasteiger partial charge in [0.2, 0.25) is 0 Å². The van der Waals surface area contributed by atoms with Crippen LogP contribution in [0.3, 0.4) is 0 Å². The zero-order valence-corrected chi connectivity index (χ0v) is 14.3. The van der Waals surface area contributed by atoms with Gasteiger partial charge in [-0.3, -0.25) is 4.68 Å². The molecule has 5 nitrogen and oxygen atoms in total. The van der Waals surface area contributed by atoms with E-state index in [1.807, 2.05) is 38.1 Å². The number of carbonyl (C=O) groups excluding carboxylic acids is 1. The van der Waals surface area contributed by atoms with E-state index in [1.54, 1.807) is 0 Å². The fourth-order valence-corrected chi connectivity index (χ4v) is 3.78. The lowest BCUT2D eigenvalue weighted by atomic mass is 10.0. The van der Waals surface area contributed by atoms with Gasteiger partial charge in [-0.25, -0.2) is 4.79 Å². The zero-order chi connectivity index (χ0) is 15.2. The van der Waals surface area contributed by atoms with E-state index in [2.05, 4.69) is 25.7 Å². The van der Waals surface area contributed by atoms with Gasteiger partial charge in [-0.05, 0) is 61.4 Å². The van der Waals surface area contributed by atoms with E-state index in [4.69, 9.17) is 4.74 Å². The number of nitrogens with zero attached hydrogens (tertiary/aromatic N) is 3. The summed E-state index contributed by atoms with van der Waals surface area (Å²) < 4.78 is 8.54. The van der Waals surface area contributed by atoms with E-state index in [1.165, 1.54) is 0 Å². The van der Waals surface area contributed by atoms with Crippen LogP contribution in [0.5, 0.6) is 0 Å². The summed E-state index contributed by atoms with van der Waals surface area (Å²) in [7, 11) is 0. The third-order valence-electron chi connectivity index (χ3n) is 4.32. The number of aromatic nitrogens is 2. The van der Waals surface area contributed by atoms with Crippen LogP contribution in [0.4, 0.5) is 4.79 Å². The van der Waals surface area contributed by atoms with Crippen LogP contribution in [0.15, 0.2) is 16.9 Å². The number of ether oxygens (including phenoxy) is 1. The van der Waals surface area contributed by atoms with Crippen LogP contribution in [0.25, 0.3) is 0 Å². The monoisotopic (exact) mass is 355 g/mol. The van der Waals surface area contributed by atoms with Gasteiger partial charge in [-0.15, -0.1) is 0 Å². The van der Waals surface area contributed by atoms with Gasteiger partial charge < -0.3 is 9.64 Å². The lowest BCUT2D eigenvalue weighted by Gasteiger charge is -2.25. The second kappa shape index (κ2) is 5.30. The number of fused-ring (bicyclic) bond motifs is 1. The summed E-state index contributed by atoms with van der Waals surface area (Å²) in [5.41, 5.74) is -0.418. The van der Waals surface area contributed by atoms with Crippen LogP contribution in [-0.2, 0) is 4.74 Å². The summed E-state index contributed by atoms with van der Waals surface area (Å²) in [5, 5.41) is 4.39. The minimum Gasteiger partial charge on any atom is -0.444 e. The minimum atomic E-state index is -0.418. The number of hydrogen-bond acceptors (Lipinski definition) is 3. The Morgan fingerprint density at radius 2 is 1.95 bits per heavy atom. The molecule has 1 aliphatic carbocycles. The van der Waals surface area contributed by atoms with Gasteiger partial charge in [0.25, 0.3) is 0 Å². The maximum atomic E-state index is 12.1. The molecule has 3 rings (SSSR count). The summed E-state index contributed by atoms with van der Waals surface area (Å²) in [6, 6.07) is 0.465. The highest BCUT2D eigenvalue weighted by molar-refractivity contribution is 9.10. The van der Waals surface area contributed by atoms with E-state index in [0.29, 0.717) is 17.9 Å². The molecule has 3 atom stereocenters. The first-order valence-electron chi connectivity index (χ1n) is 7.49. The molecule has 116 valence electrons. The Kier molecular flexibility index (Phi) is 3.76. The van der Waals surface area contributed by atoms with Gasteiger partial charge in [0.1, 0.15) is 5.60 Å². The largest absolute Gasteiger partial charge is 0.444 e. The fraction of sp³-hybridized carbons (Fsp3) is 0.733. The van der Waals surface area contributed by atoms with Crippen LogP contribution < -0.4 is 0 Å². The predicted octanol–water partition coefficient (Wildman–Crippen LogP) is 3.46. The summed E-state index contributed by atoms with van der Waals surface area (Å²) in [6.45, 7) is 7.37. The van der Waals surface area contributed by atoms with Crippen molar-refractivity contribution in [3.05, 3.63) is 16.9 Å². The topological polar surface area (TPSA) is 47.4 Å². The minimum absolute atomic E-state index is 0.171. The summed E-state index contributed by atoms with van der Waals surface area (Å²) in [5.74, 6) is 1.15. The number of rotatable bonds is 1. The van der Waals surface area contributed by atoms with Crippen molar-refractivity contribution < 1.29 is 9.53 Å². The van der Waals surface area contributed by atoms with Crippen LogP contribution in [0.2, 0.25) is 0 Å². The van der Waals surface area contributed by atoms with Gasteiger partial charge in [-0.2, -0.15) is 5.10 Å². The molecule has 6 heteroatoms. The van der Waals surface area contributed by atoms with Gasteiger partial charge in [0.05, 0.1) is 16.7 Å². The van der Waals surface area contributed by atoms with Gasteiger partial charge >= 0.3 is 6.09 Å². The average molecular weight is 356 g/mol. The van der Waals surface area contributed by atoms with E-state index in [9.17, 15) is 4.79 Å². The molecule has 2 heterocycles. The van der Waals surface area contributed by atoms with Crippen LogP contribution in [0.1, 0.15) is 39.7 Å². The SMILES string of the molecule is CC(C)(C)OC(=O)N1C[C@H]2CC(n3cc(Br)cn3)C[C@H]2C1. The maximum absolute atomic E-state index is 12.1. The molecule has 2 fully saturated rings. The predicted molar refractivity (Wildman–Crippen MR) is 83.0 cm³/mol. The Hall–Kier alpha value is -1.04. The maximum Gasteiger partial charge on any atom is 0.410 e. The Bertz CT molecular complexity index is 523. The molecule has 0 bridgehead atoms. The summed E-state index contributed by atoms with van der Waals surface area (Å²) in [6.07, 6.45) is 5.89. The van der Waals surface area contributed by atoms with Crippen molar-refractivity contribution >= 4 is 22.0 Å². The van der Waals surface area contributed by atoms with Gasteiger partial charge in [-0.1, -0.05) is 0 Å². The highest BCUT2D eigenvalue weighted by Crippen LogP contribution is 2.44. The molecule has 1 unspecified atom stereocenters. The van der Waals surface area contributed by atoms with Crippen molar-refractivity contribution in [1.29, 1.82) is 0 Å². The zero-order valence-electron chi connectivity index (χ0n) is 12.8. The molecule has 2 aliphatic rings. The molecule has 1 amide bonds. The van der Waals surface area contributed by atoms with Crippen molar-refractivity contribution in [1.82, 2.24) is 14.7 Å². The van der Waals surface area contributed by atoms with Crippen molar-refractivity contribution in [3.8, 4) is 0 Å². The highest BCUT2D eigenvalue weighted by Gasteiger charge is 2.44. The first kappa shape index (κ1) is 14.9. The third-order valence-corrected chi connectivity index (χ3v) is 4.73. The van der Waals surface area contributed by atoms with Crippen molar-refractivity contribution in [2.45, 2.75) is 45.3 Å². The van der Waals surface area contributed by atoms with Crippen LogP contribution in [-0.4, -0.2) is 39.5 Å². The van der Waals surface area contributed by atoms with E-state index in [0.717, 1.165) is 30.4 Å². The molecule has 1 aromatic rings. The molecular weight excluding hydrogens is 334 g/mol. The van der Waals surface area contributed by atoms with Crippen LogP contribution in [0, 0.1) is 11.8 Å². The molecule has 1 aliphatic heterocycles. The number of amides is 1. The van der Waals surface area contributed by atoms with Gasteiger partial charge in [0, 0.05) is 19.3 Å². The second-order valence-corrected chi connectivity index (χ2v) is 8.08. The van der Waals surface area contributed by atoms with E-state index in [-0.39, 0.29) is 6.09 Å². The molecule has 0 aromatic carbocycles. The molecule has 1 saturated heterocycles. The lowest BCUT2D eigenvalue weighted by Crippen LogP contribution is -2.36. The normalized spacial score (nSPS) is 28.8. The van der Waals surface area contributed by atoms with Gasteiger partial charge in [0.15, 0.2) is 0 Å². The van der Waals surface area contributed by atoms with E-state index >= 15 is 0 Å². The Labute approximate surface area is 133 Å². The van der Waals surface area contributed by atoms with E-state index < -0.39 is 5.60 Å². The molecule has 1 aromatic heterocycles. The Morgan fingerprint density at radius 1 is 1.33 bits per heavy atom. The standard InChI is InChI=1S/C15H22BrN3O2/c1-15(2,3)21-14(20)18-7-10-4-13(5-11(10)8-18)19-9-12(16)6-17-19/h6,9-11,13H,4-5,7-8H2,1-3H3/t10-,11+,13?. The number of likely N-dealkylation sites (tertiary alicyclic amines) is 1. The first-order valence-corrected chi connectivity index (χ1v) is 8.29. The quantitative estimate of drug-likeness (QED) is 0.774. The van der Waals surface area contributed by atoms with Crippen molar-refractivity contribution in [2.24, 2.45) is 11.8 Å². The number of carbonyl (C=O) groups is 1. The number of hydrogen-bond donors (Lipinski definition) is 0. The van der Waals surface area contributed by atoms with Crippen molar-refractivity contribution in [2.75, 3.05) is 13.1 Å². The first-order chi connectivity index (χ1) is 9.82. The fourth-order valence-electron chi connectivity index (χ4n) is 3.47. The average Bonchev–Trinajstić information content (AvgIpc) is 2.98. The third kappa shape index (κ3) is 3.25. The molecule has 1 saturated carbocycles. The lowest BCUT2D eigenvalue weighted by molar-refractivity contribution is 0.0277. The molecule has 0 N–H and O–H groups in total. The summed E-state index contributed by atoms with van der Waals surface area (Å²) >= 11 is 3.44. The van der Waals surface area contributed by atoms with Crippen molar-refractivity contribution in [3.63, 3.8) is 0 Å². The smallest absolute Gasteiger partial charge is 0.410 e. The molecule has 0 spiro atoms. The molecule has 21 heavy (non-hydrogen) atoms. The highest BCUT2D eigenvalue weighted by atomic mass is 79.9. The summed E-state index contributed by atoms with van der Waals surface area (Å²) in [4.78, 5) is 14.0. The molecule has 0 radical (unpaired) electrons. The second-order valence-electron chi connectivity index (χ2n) is 7.17. The molecular formula is C15H22BrN3O2. The Balaban J connectivity index is 1.58. The van der Waals surface area contributed by atoms with Crippen LogP contribution >= 0.6 is 15.9 Å². The number of halogens is 1.